The SMILES string of the molecule is CC[C@@H](C)NC(=O)[C@@H](C)N(Cc1ccc(Br)cc1)C(=O)COc1cc(C)cc(C)c1. The number of hydrogen-bond acceptors (Lipinski definition) is 3. The van der Waals surface area contributed by atoms with Crippen molar-refractivity contribution in [1.82, 2.24) is 10.2 Å². The van der Waals surface area contributed by atoms with Crippen LogP contribution in [0.2, 0.25) is 0 Å². The first-order chi connectivity index (χ1) is 14.2. The summed E-state index contributed by atoms with van der Waals surface area (Å²) in [7, 11) is 0. The number of ether oxygens (including phenoxy) is 1. The number of rotatable bonds is 9. The van der Waals surface area contributed by atoms with Gasteiger partial charge in [-0.3, -0.25) is 9.59 Å². The van der Waals surface area contributed by atoms with Crippen LogP contribution in [0.5, 0.6) is 5.75 Å². The van der Waals surface area contributed by atoms with Gasteiger partial charge in [-0.2, -0.15) is 0 Å². The van der Waals surface area contributed by atoms with E-state index in [1.54, 1.807) is 11.8 Å². The van der Waals surface area contributed by atoms with E-state index in [1.165, 1.54) is 0 Å². The van der Waals surface area contributed by atoms with Gasteiger partial charge in [-0.25, -0.2) is 0 Å². The Morgan fingerprint density at radius 2 is 1.67 bits per heavy atom. The summed E-state index contributed by atoms with van der Waals surface area (Å²) in [4.78, 5) is 27.4. The molecular formula is C24H31BrN2O3. The second kappa shape index (κ2) is 11.2. The second-order valence-corrected chi connectivity index (χ2v) is 8.67. The Bertz CT molecular complexity index is 847. The maximum Gasteiger partial charge on any atom is 0.261 e. The summed E-state index contributed by atoms with van der Waals surface area (Å²) in [6.45, 7) is 9.90. The molecule has 0 unspecified atom stereocenters. The molecule has 0 saturated carbocycles. The van der Waals surface area contributed by atoms with Crippen LogP contribution in [0.3, 0.4) is 0 Å². The topological polar surface area (TPSA) is 58.6 Å². The number of nitrogens with one attached hydrogen (secondary N) is 1. The summed E-state index contributed by atoms with van der Waals surface area (Å²) in [6, 6.07) is 13.0. The molecule has 1 N–H and O–H groups in total. The average Bonchev–Trinajstić information content (AvgIpc) is 2.70. The van der Waals surface area contributed by atoms with E-state index in [9.17, 15) is 9.59 Å². The third kappa shape index (κ3) is 7.17. The molecule has 0 aliphatic heterocycles. The monoisotopic (exact) mass is 474 g/mol. The molecule has 0 bridgehead atoms. The van der Waals surface area contributed by atoms with Crippen LogP contribution in [-0.4, -0.2) is 35.4 Å². The Hall–Kier alpha value is -2.34. The fourth-order valence-corrected chi connectivity index (χ4v) is 3.34. The predicted molar refractivity (Wildman–Crippen MR) is 123 cm³/mol. The maximum absolute atomic E-state index is 13.1. The van der Waals surface area contributed by atoms with Gasteiger partial charge in [0.15, 0.2) is 6.61 Å². The van der Waals surface area contributed by atoms with Gasteiger partial charge in [0.25, 0.3) is 5.91 Å². The van der Waals surface area contributed by atoms with E-state index in [0.29, 0.717) is 12.3 Å². The van der Waals surface area contributed by atoms with E-state index >= 15 is 0 Å². The van der Waals surface area contributed by atoms with Crippen LogP contribution in [0.15, 0.2) is 46.9 Å². The molecule has 0 radical (unpaired) electrons. The second-order valence-electron chi connectivity index (χ2n) is 7.75. The van der Waals surface area contributed by atoms with Crippen molar-refractivity contribution in [3.8, 4) is 5.75 Å². The quantitative estimate of drug-likeness (QED) is 0.568. The molecule has 6 heteroatoms. The van der Waals surface area contributed by atoms with Crippen molar-refractivity contribution in [2.45, 2.75) is 59.7 Å². The van der Waals surface area contributed by atoms with Gasteiger partial charge in [0, 0.05) is 17.1 Å². The molecule has 0 aromatic heterocycles. The van der Waals surface area contributed by atoms with Crippen molar-refractivity contribution in [2.24, 2.45) is 0 Å². The molecule has 2 rings (SSSR count). The zero-order valence-corrected chi connectivity index (χ0v) is 20.0. The number of carbonyl (C=O) groups is 2. The molecule has 0 fully saturated rings. The lowest BCUT2D eigenvalue weighted by Crippen LogP contribution is -2.50. The zero-order valence-electron chi connectivity index (χ0n) is 18.4. The van der Waals surface area contributed by atoms with E-state index in [0.717, 1.165) is 27.6 Å². The molecule has 2 amide bonds. The number of carbonyl (C=O) groups excluding carboxylic acids is 2. The molecule has 2 aromatic carbocycles. The predicted octanol–water partition coefficient (Wildman–Crippen LogP) is 4.78. The number of amides is 2. The largest absolute Gasteiger partial charge is 0.484 e. The van der Waals surface area contributed by atoms with Crippen molar-refractivity contribution in [3.05, 3.63) is 63.6 Å². The lowest BCUT2D eigenvalue weighted by atomic mass is 10.1. The third-order valence-electron chi connectivity index (χ3n) is 4.99. The fourth-order valence-electron chi connectivity index (χ4n) is 3.08. The Morgan fingerprint density at radius 1 is 1.07 bits per heavy atom. The van der Waals surface area contributed by atoms with Crippen LogP contribution in [0.4, 0.5) is 0 Å². The van der Waals surface area contributed by atoms with Crippen LogP contribution in [0.25, 0.3) is 0 Å². The average molecular weight is 475 g/mol. The number of halogens is 1. The Balaban J connectivity index is 2.16. The van der Waals surface area contributed by atoms with Gasteiger partial charge >= 0.3 is 0 Å². The highest BCUT2D eigenvalue weighted by atomic mass is 79.9. The highest BCUT2D eigenvalue weighted by Crippen LogP contribution is 2.18. The van der Waals surface area contributed by atoms with Gasteiger partial charge in [0.2, 0.25) is 5.91 Å². The molecule has 0 spiro atoms. The molecule has 0 aliphatic carbocycles. The normalized spacial score (nSPS) is 12.7. The minimum atomic E-state index is -0.613. The van der Waals surface area contributed by atoms with Gasteiger partial charge in [-0.1, -0.05) is 41.1 Å². The summed E-state index contributed by atoms with van der Waals surface area (Å²) < 4.78 is 6.73. The molecule has 162 valence electrons. The standard InChI is InChI=1S/C24H31BrN2O3/c1-6-18(4)26-24(29)19(5)27(14-20-7-9-21(25)10-8-20)23(28)15-30-22-12-16(2)11-17(3)13-22/h7-13,18-19H,6,14-15H2,1-5H3,(H,26,29)/t18-,19-/m1/s1. The Morgan fingerprint density at radius 3 is 2.23 bits per heavy atom. The minimum absolute atomic E-state index is 0.0519. The molecule has 0 aliphatic rings. The smallest absolute Gasteiger partial charge is 0.261 e. The maximum atomic E-state index is 13.1. The molecule has 0 heterocycles. The van der Waals surface area contributed by atoms with Gasteiger partial charge in [0.1, 0.15) is 11.8 Å². The number of benzene rings is 2. The van der Waals surface area contributed by atoms with Crippen LogP contribution in [0.1, 0.15) is 43.9 Å². The van der Waals surface area contributed by atoms with E-state index in [2.05, 4.69) is 27.3 Å². The van der Waals surface area contributed by atoms with E-state index < -0.39 is 6.04 Å². The highest BCUT2D eigenvalue weighted by Gasteiger charge is 2.27. The van der Waals surface area contributed by atoms with E-state index in [4.69, 9.17) is 4.74 Å². The van der Waals surface area contributed by atoms with Crippen molar-refractivity contribution >= 4 is 27.7 Å². The van der Waals surface area contributed by atoms with Crippen molar-refractivity contribution in [1.29, 1.82) is 0 Å². The van der Waals surface area contributed by atoms with Gasteiger partial charge < -0.3 is 15.0 Å². The van der Waals surface area contributed by atoms with Crippen LogP contribution < -0.4 is 10.1 Å². The molecule has 30 heavy (non-hydrogen) atoms. The molecular weight excluding hydrogens is 444 g/mol. The lowest BCUT2D eigenvalue weighted by molar-refractivity contribution is -0.142. The number of nitrogens with zero attached hydrogens (tertiary/aromatic N) is 1. The summed E-state index contributed by atoms with van der Waals surface area (Å²) >= 11 is 3.43. The first kappa shape index (κ1) is 23.9. The van der Waals surface area contributed by atoms with Crippen molar-refractivity contribution < 1.29 is 14.3 Å². The Kier molecular flexibility index (Phi) is 8.90. The van der Waals surface area contributed by atoms with Gasteiger partial charge in [-0.05, 0) is 75.1 Å². The third-order valence-corrected chi connectivity index (χ3v) is 5.52. The van der Waals surface area contributed by atoms with Crippen molar-refractivity contribution in [2.75, 3.05) is 6.61 Å². The minimum Gasteiger partial charge on any atom is -0.484 e. The number of hydrogen-bond donors (Lipinski definition) is 1. The van der Waals surface area contributed by atoms with Crippen molar-refractivity contribution in [3.63, 3.8) is 0 Å². The summed E-state index contributed by atoms with van der Waals surface area (Å²) in [5.74, 6) is 0.256. The first-order valence-electron chi connectivity index (χ1n) is 10.2. The molecule has 5 nitrogen and oxygen atoms in total. The molecule has 0 saturated heterocycles. The fraction of sp³-hybridized carbons (Fsp3) is 0.417. The van der Waals surface area contributed by atoms with Crippen LogP contribution in [0, 0.1) is 13.8 Å². The molecule has 2 aromatic rings. The van der Waals surface area contributed by atoms with E-state index in [1.807, 2.05) is 64.1 Å². The van der Waals surface area contributed by atoms with Gasteiger partial charge in [-0.15, -0.1) is 0 Å². The Labute approximate surface area is 187 Å². The van der Waals surface area contributed by atoms with Gasteiger partial charge in [0.05, 0.1) is 0 Å². The molecule has 2 atom stereocenters. The summed E-state index contributed by atoms with van der Waals surface area (Å²) in [5.41, 5.74) is 3.09. The zero-order chi connectivity index (χ0) is 22.3. The first-order valence-corrected chi connectivity index (χ1v) is 11.0. The van der Waals surface area contributed by atoms with E-state index in [-0.39, 0.29) is 24.5 Å². The lowest BCUT2D eigenvalue weighted by Gasteiger charge is -2.29. The summed E-state index contributed by atoms with van der Waals surface area (Å²) in [6.07, 6.45) is 0.828. The number of aryl methyl sites for hydroxylation is 2. The van der Waals surface area contributed by atoms with Crippen LogP contribution in [-0.2, 0) is 16.1 Å². The summed E-state index contributed by atoms with van der Waals surface area (Å²) in [5, 5.41) is 2.97. The highest BCUT2D eigenvalue weighted by molar-refractivity contribution is 9.10. The van der Waals surface area contributed by atoms with Crippen LogP contribution >= 0.6 is 15.9 Å².